The number of morpholine rings is 1. The van der Waals surface area contributed by atoms with Gasteiger partial charge in [0.2, 0.25) is 5.91 Å². The van der Waals surface area contributed by atoms with E-state index in [9.17, 15) is 10.1 Å². The third kappa shape index (κ3) is 4.32. The molecule has 1 aromatic heterocycles. The molecular formula is C17H24N4O2S. The number of amides is 1. The Morgan fingerprint density at radius 2 is 2.25 bits per heavy atom. The van der Waals surface area contributed by atoms with E-state index in [0.29, 0.717) is 19.7 Å². The second-order valence-electron chi connectivity index (χ2n) is 6.62. The second kappa shape index (κ2) is 8.06. The molecule has 7 heteroatoms. The molecule has 2 aliphatic rings. The molecule has 1 N–H and O–H groups in total. The van der Waals surface area contributed by atoms with Gasteiger partial charge in [0, 0.05) is 24.7 Å². The zero-order valence-electron chi connectivity index (χ0n) is 13.9. The molecule has 1 atom stereocenters. The van der Waals surface area contributed by atoms with Gasteiger partial charge >= 0.3 is 0 Å². The Labute approximate surface area is 146 Å². The zero-order chi connectivity index (χ0) is 16.8. The minimum atomic E-state index is -0.672. The van der Waals surface area contributed by atoms with Crippen molar-refractivity contribution in [3.8, 4) is 6.07 Å². The van der Waals surface area contributed by atoms with Gasteiger partial charge in [0.1, 0.15) is 16.7 Å². The van der Waals surface area contributed by atoms with Crippen LogP contribution < -0.4 is 5.32 Å². The predicted molar refractivity (Wildman–Crippen MR) is 91.4 cm³/mol. The van der Waals surface area contributed by atoms with Crippen molar-refractivity contribution < 1.29 is 9.53 Å². The van der Waals surface area contributed by atoms with Crippen LogP contribution in [-0.2, 0) is 9.53 Å². The van der Waals surface area contributed by atoms with Crippen molar-refractivity contribution in [3.05, 3.63) is 16.6 Å². The van der Waals surface area contributed by atoms with E-state index < -0.39 is 5.54 Å². The third-order valence-electron chi connectivity index (χ3n) is 4.79. The number of ether oxygens (including phenoxy) is 1. The molecule has 1 aliphatic carbocycles. The molecule has 1 saturated carbocycles. The van der Waals surface area contributed by atoms with Crippen molar-refractivity contribution in [1.82, 2.24) is 15.2 Å². The van der Waals surface area contributed by atoms with Crippen LogP contribution in [0, 0.1) is 11.3 Å². The van der Waals surface area contributed by atoms with E-state index in [0.717, 1.165) is 50.1 Å². The lowest BCUT2D eigenvalue weighted by molar-refractivity contribution is -0.125. The minimum absolute atomic E-state index is 0.0572. The van der Waals surface area contributed by atoms with Crippen molar-refractivity contribution in [2.75, 3.05) is 26.2 Å². The fourth-order valence-corrected chi connectivity index (χ4v) is 4.17. The van der Waals surface area contributed by atoms with Crippen LogP contribution in [0.5, 0.6) is 0 Å². The molecule has 3 rings (SSSR count). The number of nitrogens with one attached hydrogen (secondary N) is 1. The minimum Gasteiger partial charge on any atom is -0.368 e. The maximum absolute atomic E-state index is 12.5. The molecule has 6 nitrogen and oxygen atoms in total. The summed E-state index contributed by atoms with van der Waals surface area (Å²) in [7, 11) is 0. The highest BCUT2D eigenvalue weighted by molar-refractivity contribution is 7.09. The van der Waals surface area contributed by atoms with Crippen molar-refractivity contribution in [1.29, 1.82) is 5.26 Å². The summed E-state index contributed by atoms with van der Waals surface area (Å²) in [4.78, 5) is 18.9. The lowest BCUT2D eigenvalue weighted by Gasteiger charge is -2.33. The van der Waals surface area contributed by atoms with E-state index in [1.54, 1.807) is 17.5 Å². The van der Waals surface area contributed by atoms with Crippen LogP contribution in [0.3, 0.4) is 0 Å². The molecular weight excluding hydrogens is 324 g/mol. The molecule has 130 valence electrons. The van der Waals surface area contributed by atoms with Crippen LogP contribution in [0.2, 0.25) is 0 Å². The van der Waals surface area contributed by atoms with E-state index in [1.165, 1.54) is 0 Å². The van der Waals surface area contributed by atoms with Crippen LogP contribution in [0.25, 0.3) is 0 Å². The molecule has 1 unspecified atom stereocenters. The average Bonchev–Trinajstić information content (AvgIpc) is 3.03. The first kappa shape index (κ1) is 17.3. The van der Waals surface area contributed by atoms with Crippen molar-refractivity contribution in [2.24, 2.45) is 0 Å². The number of hydrogen-bond acceptors (Lipinski definition) is 6. The average molecular weight is 348 g/mol. The standard InChI is InChI=1S/C17H24N4O2S/c18-13-17(5-3-1-2-4-6-17)20-15(22)12-21-8-9-23-14(11-21)16-19-7-10-24-16/h7,10,14H,1-6,8-9,11-12H2,(H,20,22). The molecule has 1 saturated heterocycles. The van der Waals surface area contributed by atoms with E-state index in [2.05, 4.69) is 21.3 Å². The Balaban J connectivity index is 1.55. The Kier molecular flexibility index (Phi) is 5.82. The van der Waals surface area contributed by atoms with E-state index in [-0.39, 0.29) is 12.0 Å². The monoisotopic (exact) mass is 348 g/mol. The number of nitriles is 1. The molecule has 2 fully saturated rings. The van der Waals surface area contributed by atoms with Crippen LogP contribution in [0.4, 0.5) is 0 Å². The van der Waals surface area contributed by atoms with Gasteiger partial charge in [0.05, 0.1) is 19.2 Å². The first-order valence-electron chi connectivity index (χ1n) is 8.66. The highest BCUT2D eigenvalue weighted by Gasteiger charge is 2.33. The van der Waals surface area contributed by atoms with E-state index >= 15 is 0 Å². The van der Waals surface area contributed by atoms with Crippen LogP contribution >= 0.6 is 11.3 Å². The summed E-state index contributed by atoms with van der Waals surface area (Å²) in [6, 6.07) is 2.37. The van der Waals surface area contributed by atoms with Gasteiger partial charge in [-0.1, -0.05) is 25.7 Å². The Hall–Kier alpha value is -1.49. The van der Waals surface area contributed by atoms with Crippen molar-refractivity contribution in [2.45, 2.75) is 50.2 Å². The molecule has 0 aromatic carbocycles. The summed E-state index contributed by atoms with van der Waals surface area (Å²) in [6.07, 6.45) is 7.57. The highest BCUT2D eigenvalue weighted by Crippen LogP contribution is 2.27. The number of aromatic nitrogens is 1. The molecule has 2 heterocycles. The lowest BCUT2D eigenvalue weighted by atomic mass is 9.92. The number of hydrogen-bond donors (Lipinski definition) is 1. The van der Waals surface area contributed by atoms with Gasteiger partial charge in [-0.3, -0.25) is 9.69 Å². The summed E-state index contributed by atoms with van der Waals surface area (Å²) in [5.41, 5.74) is -0.672. The Morgan fingerprint density at radius 1 is 1.46 bits per heavy atom. The summed E-state index contributed by atoms with van der Waals surface area (Å²) in [5, 5.41) is 15.5. The first-order valence-corrected chi connectivity index (χ1v) is 9.54. The molecule has 1 aromatic rings. The quantitative estimate of drug-likeness (QED) is 0.845. The molecule has 0 bridgehead atoms. The number of carbonyl (C=O) groups excluding carboxylic acids is 1. The first-order chi connectivity index (χ1) is 11.7. The maximum atomic E-state index is 12.5. The summed E-state index contributed by atoms with van der Waals surface area (Å²) in [5.74, 6) is -0.0572. The van der Waals surface area contributed by atoms with Gasteiger partial charge in [0.15, 0.2) is 0 Å². The number of rotatable bonds is 4. The van der Waals surface area contributed by atoms with Crippen molar-refractivity contribution >= 4 is 17.2 Å². The smallest absolute Gasteiger partial charge is 0.235 e. The Bertz CT molecular complexity index is 576. The zero-order valence-corrected chi connectivity index (χ0v) is 14.7. The van der Waals surface area contributed by atoms with E-state index in [4.69, 9.17) is 4.74 Å². The van der Waals surface area contributed by atoms with Gasteiger partial charge < -0.3 is 10.1 Å². The topological polar surface area (TPSA) is 78.2 Å². The molecule has 1 aliphatic heterocycles. The fraction of sp³-hybridized carbons (Fsp3) is 0.706. The molecule has 1 amide bonds. The normalized spacial score (nSPS) is 24.7. The summed E-state index contributed by atoms with van der Waals surface area (Å²) in [6.45, 7) is 2.31. The van der Waals surface area contributed by atoms with Gasteiger partial charge in [-0.2, -0.15) is 5.26 Å². The predicted octanol–water partition coefficient (Wildman–Crippen LogP) is 2.25. The van der Waals surface area contributed by atoms with Crippen molar-refractivity contribution in [3.63, 3.8) is 0 Å². The van der Waals surface area contributed by atoms with Crippen LogP contribution in [0.15, 0.2) is 11.6 Å². The van der Waals surface area contributed by atoms with Gasteiger partial charge in [-0.05, 0) is 12.8 Å². The summed E-state index contributed by atoms with van der Waals surface area (Å²) >= 11 is 1.58. The molecule has 24 heavy (non-hydrogen) atoms. The second-order valence-corrected chi connectivity index (χ2v) is 7.55. The number of carbonyl (C=O) groups is 1. The van der Waals surface area contributed by atoms with Crippen LogP contribution in [0.1, 0.15) is 49.6 Å². The van der Waals surface area contributed by atoms with Gasteiger partial charge in [-0.25, -0.2) is 4.98 Å². The van der Waals surface area contributed by atoms with Crippen LogP contribution in [-0.4, -0.2) is 47.6 Å². The Morgan fingerprint density at radius 3 is 2.92 bits per heavy atom. The van der Waals surface area contributed by atoms with Gasteiger partial charge in [-0.15, -0.1) is 11.3 Å². The molecule has 0 spiro atoms. The fourth-order valence-electron chi connectivity index (χ4n) is 3.50. The maximum Gasteiger partial charge on any atom is 0.235 e. The SMILES string of the molecule is N#CC1(NC(=O)CN2CCOC(c3nccs3)C2)CCCCCC1. The number of nitrogens with zero attached hydrogens (tertiary/aromatic N) is 3. The largest absolute Gasteiger partial charge is 0.368 e. The third-order valence-corrected chi connectivity index (χ3v) is 5.66. The van der Waals surface area contributed by atoms with Gasteiger partial charge in [0.25, 0.3) is 0 Å². The van der Waals surface area contributed by atoms with E-state index in [1.807, 2.05) is 5.38 Å². The highest BCUT2D eigenvalue weighted by atomic mass is 32.1. The number of thiazole rings is 1. The summed E-state index contributed by atoms with van der Waals surface area (Å²) < 4.78 is 5.76. The molecule has 0 radical (unpaired) electrons. The lowest BCUT2D eigenvalue weighted by Crippen LogP contribution is -2.52.